The monoisotopic (exact) mass is 246 g/mol. The summed E-state index contributed by atoms with van der Waals surface area (Å²) in [6.45, 7) is 0.305. The lowest BCUT2D eigenvalue weighted by atomic mass is 10.0. The molecule has 1 amide bonds. The summed E-state index contributed by atoms with van der Waals surface area (Å²) in [7, 11) is 0. The Bertz CT molecular complexity index is 355. The molecule has 2 unspecified atom stereocenters. The standard InChI is InChI=1S/C15H22N2O/c16-9-10-17(11-5-1-2-6-11)15(18)14-12-7-3-4-8-13(12)14/h11-14H,1-8,10H2. The minimum atomic E-state index is 0.279. The molecule has 3 fully saturated rings. The molecule has 3 heteroatoms. The largest absolute Gasteiger partial charge is 0.326 e. The maximum absolute atomic E-state index is 12.6. The van der Waals surface area contributed by atoms with Crippen LogP contribution >= 0.6 is 0 Å². The van der Waals surface area contributed by atoms with E-state index in [2.05, 4.69) is 6.07 Å². The van der Waals surface area contributed by atoms with E-state index in [1.54, 1.807) is 0 Å². The third-order valence-electron chi connectivity index (χ3n) is 5.23. The van der Waals surface area contributed by atoms with Crippen LogP contribution < -0.4 is 0 Å². The molecule has 18 heavy (non-hydrogen) atoms. The van der Waals surface area contributed by atoms with Crippen LogP contribution in [0.3, 0.4) is 0 Å². The number of hydrogen-bond donors (Lipinski definition) is 0. The zero-order valence-corrected chi connectivity index (χ0v) is 11.0. The maximum atomic E-state index is 12.6. The highest BCUT2D eigenvalue weighted by molar-refractivity contribution is 5.83. The van der Waals surface area contributed by atoms with Crippen LogP contribution in [0.15, 0.2) is 0 Å². The first kappa shape index (κ1) is 12.0. The quantitative estimate of drug-likeness (QED) is 0.719. The molecule has 0 aromatic heterocycles. The number of amides is 1. The normalized spacial score (nSPS) is 34.7. The van der Waals surface area contributed by atoms with Gasteiger partial charge in [0.05, 0.1) is 6.07 Å². The van der Waals surface area contributed by atoms with Gasteiger partial charge in [0.15, 0.2) is 0 Å². The van der Waals surface area contributed by atoms with Crippen molar-refractivity contribution in [3.8, 4) is 6.07 Å². The fraction of sp³-hybridized carbons (Fsp3) is 0.867. The molecule has 0 saturated heterocycles. The molecular weight excluding hydrogens is 224 g/mol. The number of fused-ring (bicyclic) bond motifs is 1. The highest BCUT2D eigenvalue weighted by atomic mass is 16.2. The Balaban J connectivity index is 1.67. The molecular formula is C15H22N2O. The van der Waals surface area contributed by atoms with Crippen LogP contribution in [0.25, 0.3) is 0 Å². The summed E-state index contributed by atoms with van der Waals surface area (Å²) in [6.07, 6.45) is 9.73. The highest BCUT2D eigenvalue weighted by Crippen LogP contribution is 2.56. The number of carbonyl (C=O) groups is 1. The molecule has 3 rings (SSSR count). The van der Waals surface area contributed by atoms with Crippen LogP contribution in [-0.4, -0.2) is 23.4 Å². The zero-order chi connectivity index (χ0) is 12.5. The molecule has 0 radical (unpaired) electrons. The number of rotatable bonds is 3. The van der Waals surface area contributed by atoms with E-state index in [0.717, 1.165) is 12.8 Å². The van der Waals surface area contributed by atoms with Crippen molar-refractivity contribution >= 4 is 5.91 Å². The van der Waals surface area contributed by atoms with E-state index < -0.39 is 0 Å². The Kier molecular flexibility index (Phi) is 3.28. The van der Waals surface area contributed by atoms with Crippen molar-refractivity contribution in [1.82, 2.24) is 4.90 Å². The van der Waals surface area contributed by atoms with Crippen LogP contribution in [-0.2, 0) is 4.79 Å². The lowest BCUT2D eigenvalue weighted by molar-refractivity contribution is -0.134. The number of nitriles is 1. The SMILES string of the molecule is N#CCN(C(=O)C1C2CCCCC21)C1CCCC1. The van der Waals surface area contributed by atoms with E-state index in [4.69, 9.17) is 5.26 Å². The molecule has 3 nitrogen and oxygen atoms in total. The summed E-state index contributed by atoms with van der Waals surface area (Å²) in [6, 6.07) is 2.56. The van der Waals surface area contributed by atoms with Gasteiger partial charge in [0.1, 0.15) is 6.54 Å². The lowest BCUT2D eigenvalue weighted by Gasteiger charge is -2.26. The van der Waals surface area contributed by atoms with E-state index in [1.165, 1.54) is 38.5 Å². The van der Waals surface area contributed by atoms with Gasteiger partial charge in [0.25, 0.3) is 0 Å². The summed E-state index contributed by atoms with van der Waals surface area (Å²) in [5.74, 6) is 1.91. The summed E-state index contributed by atoms with van der Waals surface area (Å²) >= 11 is 0. The summed E-state index contributed by atoms with van der Waals surface area (Å²) in [5.41, 5.74) is 0. The van der Waals surface area contributed by atoms with Crippen LogP contribution in [0.1, 0.15) is 51.4 Å². The van der Waals surface area contributed by atoms with Crippen LogP contribution in [0.2, 0.25) is 0 Å². The highest BCUT2D eigenvalue weighted by Gasteiger charge is 2.56. The number of carbonyl (C=O) groups excluding carboxylic acids is 1. The Morgan fingerprint density at radius 1 is 1.06 bits per heavy atom. The van der Waals surface area contributed by atoms with Gasteiger partial charge in [-0.15, -0.1) is 0 Å². The Morgan fingerprint density at radius 3 is 2.17 bits per heavy atom. The minimum Gasteiger partial charge on any atom is -0.326 e. The predicted molar refractivity (Wildman–Crippen MR) is 68.5 cm³/mol. The molecule has 2 atom stereocenters. The van der Waals surface area contributed by atoms with E-state index >= 15 is 0 Å². The summed E-state index contributed by atoms with van der Waals surface area (Å²) < 4.78 is 0. The first-order chi connectivity index (χ1) is 8.83. The second-order valence-corrected chi connectivity index (χ2v) is 6.20. The number of hydrogen-bond acceptors (Lipinski definition) is 2. The topological polar surface area (TPSA) is 44.1 Å². The third kappa shape index (κ3) is 2.02. The average Bonchev–Trinajstić information content (AvgIpc) is 2.87. The van der Waals surface area contributed by atoms with Crippen molar-refractivity contribution in [2.45, 2.75) is 57.4 Å². The van der Waals surface area contributed by atoms with Crippen molar-refractivity contribution < 1.29 is 4.79 Å². The first-order valence-corrected chi connectivity index (χ1v) is 7.50. The van der Waals surface area contributed by atoms with Crippen molar-refractivity contribution in [3.63, 3.8) is 0 Å². The fourth-order valence-electron chi connectivity index (χ4n) is 4.23. The second kappa shape index (κ2) is 4.91. The van der Waals surface area contributed by atoms with Crippen molar-refractivity contribution in [2.24, 2.45) is 17.8 Å². The van der Waals surface area contributed by atoms with Crippen LogP contribution in [0.4, 0.5) is 0 Å². The zero-order valence-electron chi connectivity index (χ0n) is 11.0. The van der Waals surface area contributed by atoms with Gasteiger partial charge in [-0.3, -0.25) is 4.79 Å². The fourth-order valence-corrected chi connectivity index (χ4v) is 4.23. The van der Waals surface area contributed by atoms with E-state index in [9.17, 15) is 4.79 Å². The summed E-state index contributed by atoms with van der Waals surface area (Å²) in [4.78, 5) is 14.5. The van der Waals surface area contributed by atoms with Gasteiger partial charge in [0, 0.05) is 12.0 Å². The lowest BCUT2D eigenvalue weighted by Crippen LogP contribution is -2.40. The van der Waals surface area contributed by atoms with Gasteiger partial charge in [-0.25, -0.2) is 0 Å². The van der Waals surface area contributed by atoms with E-state index in [0.29, 0.717) is 30.3 Å². The van der Waals surface area contributed by atoms with Gasteiger partial charge in [0.2, 0.25) is 5.91 Å². The molecule has 3 aliphatic carbocycles. The second-order valence-electron chi connectivity index (χ2n) is 6.20. The molecule has 3 aliphatic rings. The Morgan fingerprint density at radius 2 is 1.61 bits per heavy atom. The molecule has 0 aromatic rings. The van der Waals surface area contributed by atoms with Gasteiger partial charge in [-0.05, 0) is 37.5 Å². The van der Waals surface area contributed by atoms with Crippen LogP contribution in [0, 0.1) is 29.1 Å². The molecule has 0 heterocycles. The smallest absolute Gasteiger partial charge is 0.227 e. The van der Waals surface area contributed by atoms with E-state index in [-0.39, 0.29) is 5.92 Å². The maximum Gasteiger partial charge on any atom is 0.227 e. The average molecular weight is 246 g/mol. The molecule has 98 valence electrons. The van der Waals surface area contributed by atoms with Gasteiger partial charge < -0.3 is 4.90 Å². The molecule has 0 N–H and O–H groups in total. The Labute approximate surface area is 109 Å². The molecule has 0 aromatic carbocycles. The molecule has 0 aliphatic heterocycles. The van der Waals surface area contributed by atoms with Crippen molar-refractivity contribution in [3.05, 3.63) is 0 Å². The summed E-state index contributed by atoms with van der Waals surface area (Å²) in [5, 5.41) is 8.96. The third-order valence-corrected chi connectivity index (χ3v) is 5.23. The molecule has 0 spiro atoms. The van der Waals surface area contributed by atoms with Crippen LogP contribution in [0.5, 0.6) is 0 Å². The first-order valence-electron chi connectivity index (χ1n) is 7.50. The van der Waals surface area contributed by atoms with E-state index in [1.807, 2.05) is 4.90 Å². The van der Waals surface area contributed by atoms with Gasteiger partial charge in [-0.2, -0.15) is 5.26 Å². The van der Waals surface area contributed by atoms with Crippen molar-refractivity contribution in [1.29, 1.82) is 5.26 Å². The predicted octanol–water partition coefficient (Wildman–Crippen LogP) is 2.72. The van der Waals surface area contributed by atoms with Crippen molar-refractivity contribution in [2.75, 3.05) is 6.54 Å². The number of nitrogens with zero attached hydrogens (tertiary/aromatic N) is 2. The minimum absolute atomic E-state index is 0.279. The van der Waals surface area contributed by atoms with Gasteiger partial charge in [-0.1, -0.05) is 25.7 Å². The molecule has 0 bridgehead atoms. The Hall–Kier alpha value is -1.04. The van der Waals surface area contributed by atoms with Gasteiger partial charge >= 0.3 is 0 Å². The molecule has 3 saturated carbocycles.